The topological polar surface area (TPSA) is 73.8 Å². The number of alkyl halides is 3. The number of amidine groups is 1. The summed E-state index contributed by atoms with van der Waals surface area (Å²) < 4.78 is 40.0. The van der Waals surface area contributed by atoms with Gasteiger partial charge < -0.3 is 10.6 Å². The van der Waals surface area contributed by atoms with Gasteiger partial charge in [0.05, 0.1) is 0 Å². The Balaban J connectivity index is 1.21. The molecule has 1 aliphatic carbocycles. The van der Waals surface area contributed by atoms with Crippen molar-refractivity contribution in [2.45, 2.75) is 89.9 Å². The summed E-state index contributed by atoms with van der Waals surface area (Å²) in [4.78, 5) is 29.0. The molecule has 2 amide bonds. The number of benzene rings is 1. The average molecular weight is 553 g/mol. The molecule has 6 nitrogen and oxygen atoms in total. The zero-order valence-corrected chi connectivity index (χ0v) is 23.1. The molecule has 10 heteroatoms. The molecular weight excluding hydrogens is 513 g/mol. The summed E-state index contributed by atoms with van der Waals surface area (Å²) in [5.41, 5.74) is 2.94. The highest BCUT2D eigenvalue weighted by Gasteiger charge is 2.47. The first kappa shape index (κ1) is 28.9. The van der Waals surface area contributed by atoms with Crippen molar-refractivity contribution >= 4 is 29.6 Å². The highest BCUT2D eigenvalue weighted by molar-refractivity contribution is 7.97. The maximum absolute atomic E-state index is 12.9. The first-order valence-corrected chi connectivity index (χ1v) is 14.7. The van der Waals surface area contributed by atoms with Crippen LogP contribution in [0.5, 0.6) is 0 Å². The van der Waals surface area contributed by atoms with E-state index in [-0.39, 0.29) is 30.1 Å². The fourth-order valence-electron chi connectivity index (χ4n) is 5.81. The predicted octanol–water partition coefficient (Wildman–Crippen LogP) is 5.33. The number of piperidine rings is 1. The Kier molecular flexibility index (Phi) is 9.44. The lowest BCUT2D eigenvalue weighted by atomic mass is 9.79. The van der Waals surface area contributed by atoms with Gasteiger partial charge in [0.15, 0.2) is 0 Å². The number of rotatable bonds is 9. The van der Waals surface area contributed by atoms with Crippen LogP contribution in [0.1, 0.15) is 75.0 Å². The van der Waals surface area contributed by atoms with Gasteiger partial charge in [0.1, 0.15) is 11.4 Å². The smallest absolute Gasteiger partial charge is 0.352 e. The predicted molar refractivity (Wildman–Crippen MR) is 145 cm³/mol. The van der Waals surface area contributed by atoms with Crippen LogP contribution in [0.15, 0.2) is 23.2 Å². The molecule has 4 rings (SSSR count). The molecule has 0 unspecified atom stereocenters. The number of amides is 2. The standard InChI is InChI=1S/C28H39F3N4O2S/c1-19-17-22(18-32-20(2)36)5-6-23(19)10-16-38-35-14-12-27(13-15-35)26(37)33-25(34-27)24-7-3-21(4-8-24)9-11-28(29,30)31/h5-6,17,21,24H,3-4,7-16,18H2,1-2H3,(H,32,36)(H,33,34,37). The summed E-state index contributed by atoms with van der Waals surface area (Å²) in [6.07, 6.45) is 0.877. The van der Waals surface area contributed by atoms with Gasteiger partial charge in [-0.25, -0.2) is 0 Å². The number of halogens is 3. The van der Waals surface area contributed by atoms with Crippen molar-refractivity contribution in [3.63, 3.8) is 0 Å². The van der Waals surface area contributed by atoms with Crippen LogP contribution in [-0.2, 0) is 22.6 Å². The molecule has 0 atom stereocenters. The molecule has 0 bridgehead atoms. The molecule has 38 heavy (non-hydrogen) atoms. The fraction of sp³-hybridized carbons (Fsp3) is 0.679. The van der Waals surface area contributed by atoms with Crippen LogP contribution in [0.4, 0.5) is 13.2 Å². The van der Waals surface area contributed by atoms with Crippen molar-refractivity contribution < 1.29 is 22.8 Å². The molecule has 1 spiro atoms. The number of hydrogen-bond donors (Lipinski definition) is 2. The van der Waals surface area contributed by atoms with Crippen LogP contribution >= 0.6 is 11.9 Å². The number of carbonyl (C=O) groups excluding carboxylic acids is 2. The monoisotopic (exact) mass is 552 g/mol. The summed E-state index contributed by atoms with van der Waals surface area (Å²) in [6.45, 7) is 5.76. The Bertz CT molecular complexity index is 1030. The van der Waals surface area contributed by atoms with Gasteiger partial charge in [-0.05, 0) is 80.9 Å². The van der Waals surface area contributed by atoms with E-state index in [1.807, 2.05) is 11.9 Å². The zero-order valence-electron chi connectivity index (χ0n) is 22.3. The van der Waals surface area contributed by atoms with Gasteiger partial charge in [-0.3, -0.25) is 18.9 Å². The molecule has 0 aromatic heterocycles. The molecule has 2 N–H and O–H groups in total. The number of nitrogens with zero attached hydrogens (tertiary/aromatic N) is 2. The van der Waals surface area contributed by atoms with Crippen molar-refractivity contribution in [2.75, 3.05) is 18.8 Å². The third kappa shape index (κ3) is 7.74. The average Bonchev–Trinajstić information content (AvgIpc) is 3.19. The molecule has 1 saturated heterocycles. The zero-order chi connectivity index (χ0) is 27.3. The van der Waals surface area contributed by atoms with Crippen LogP contribution in [0.25, 0.3) is 0 Å². The number of hydrogen-bond acceptors (Lipinski definition) is 5. The van der Waals surface area contributed by atoms with E-state index < -0.39 is 18.1 Å². The van der Waals surface area contributed by atoms with E-state index in [0.717, 1.165) is 62.3 Å². The SMILES string of the molecule is CC(=O)NCc1ccc(CCSN2CCC3(CC2)N=C(C2CCC(CCC(F)(F)F)CC2)NC3=O)c(C)c1. The second-order valence-corrected chi connectivity index (χ2v) is 12.2. The van der Waals surface area contributed by atoms with E-state index in [1.165, 1.54) is 18.1 Å². The van der Waals surface area contributed by atoms with Gasteiger partial charge in [0, 0.05) is 44.6 Å². The second-order valence-electron chi connectivity index (χ2n) is 11.0. The maximum Gasteiger partial charge on any atom is 0.389 e. The summed E-state index contributed by atoms with van der Waals surface area (Å²) in [7, 11) is 0. The summed E-state index contributed by atoms with van der Waals surface area (Å²) in [5.74, 6) is 1.95. The van der Waals surface area contributed by atoms with Crippen LogP contribution in [0.3, 0.4) is 0 Å². The van der Waals surface area contributed by atoms with E-state index in [0.29, 0.717) is 19.4 Å². The summed E-state index contributed by atoms with van der Waals surface area (Å²) >= 11 is 1.81. The minimum absolute atomic E-state index is 0.00803. The number of aryl methyl sites for hydroxylation is 2. The molecular formula is C28H39F3N4O2S. The number of nitrogens with one attached hydrogen (secondary N) is 2. The maximum atomic E-state index is 12.9. The molecule has 2 aliphatic heterocycles. The first-order chi connectivity index (χ1) is 18.0. The van der Waals surface area contributed by atoms with Gasteiger partial charge >= 0.3 is 6.18 Å². The van der Waals surface area contributed by atoms with E-state index in [4.69, 9.17) is 4.99 Å². The summed E-state index contributed by atoms with van der Waals surface area (Å²) in [5, 5.41) is 5.87. The Morgan fingerprint density at radius 1 is 1.21 bits per heavy atom. The lowest BCUT2D eigenvalue weighted by Gasteiger charge is -2.34. The molecule has 1 aromatic rings. The third-order valence-electron chi connectivity index (χ3n) is 8.21. The Morgan fingerprint density at radius 2 is 1.92 bits per heavy atom. The minimum Gasteiger partial charge on any atom is -0.352 e. The summed E-state index contributed by atoms with van der Waals surface area (Å²) in [6, 6.07) is 6.34. The lowest BCUT2D eigenvalue weighted by molar-refractivity contribution is -0.138. The van der Waals surface area contributed by atoms with Crippen LogP contribution in [-0.4, -0.2) is 52.5 Å². The molecule has 210 valence electrons. The van der Waals surface area contributed by atoms with E-state index in [9.17, 15) is 22.8 Å². The highest BCUT2D eigenvalue weighted by atomic mass is 32.2. The Morgan fingerprint density at radius 3 is 2.55 bits per heavy atom. The van der Waals surface area contributed by atoms with E-state index in [1.54, 1.807) is 0 Å². The Hall–Kier alpha value is -2.07. The molecule has 0 radical (unpaired) electrons. The highest BCUT2D eigenvalue weighted by Crippen LogP contribution is 2.38. The van der Waals surface area contributed by atoms with Crippen molar-refractivity contribution in [2.24, 2.45) is 16.8 Å². The molecule has 1 saturated carbocycles. The lowest BCUT2D eigenvalue weighted by Crippen LogP contribution is -2.47. The van der Waals surface area contributed by atoms with Gasteiger partial charge in [0.25, 0.3) is 5.91 Å². The minimum atomic E-state index is -4.08. The largest absolute Gasteiger partial charge is 0.389 e. The molecule has 2 heterocycles. The number of aliphatic imine (C=N–C) groups is 1. The van der Waals surface area contributed by atoms with Gasteiger partial charge in [0.2, 0.25) is 5.91 Å². The van der Waals surface area contributed by atoms with E-state index >= 15 is 0 Å². The van der Waals surface area contributed by atoms with Crippen molar-refractivity contribution in [1.29, 1.82) is 0 Å². The first-order valence-electron chi connectivity index (χ1n) is 13.7. The van der Waals surface area contributed by atoms with Crippen molar-refractivity contribution in [3.05, 3.63) is 34.9 Å². The van der Waals surface area contributed by atoms with E-state index in [2.05, 4.69) is 40.1 Å². The quantitative estimate of drug-likeness (QED) is 0.406. The van der Waals surface area contributed by atoms with Gasteiger partial charge in [-0.15, -0.1) is 0 Å². The molecule has 2 fully saturated rings. The molecule has 3 aliphatic rings. The number of carbonyl (C=O) groups is 2. The van der Waals surface area contributed by atoms with Crippen LogP contribution < -0.4 is 10.6 Å². The third-order valence-corrected chi connectivity index (χ3v) is 9.33. The van der Waals surface area contributed by atoms with Crippen LogP contribution in [0.2, 0.25) is 0 Å². The normalized spacial score (nSPS) is 23.8. The van der Waals surface area contributed by atoms with Crippen LogP contribution in [0, 0.1) is 18.8 Å². The van der Waals surface area contributed by atoms with Gasteiger partial charge in [-0.1, -0.05) is 30.1 Å². The van der Waals surface area contributed by atoms with Gasteiger partial charge in [-0.2, -0.15) is 13.2 Å². The molecule has 1 aromatic carbocycles. The van der Waals surface area contributed by atoms with Crippen molar-refractivity contribution in [1.82, 2.24) is 14.9 Å². The second kappa shape index (κ2) is 12.4. The van der Waals surface area contributed by atoms with Crippen molar-refractivity contribution in [3.8, 4) is 0 Å². The fourth-order valence-corrected chi connectivity index (χ4v) is 6.82. The Labute approximate surface area is 227 Å².